The van der Waals surface area contributed by atoms with Crippen LogP contribution in [0.5, 0.6) is 0 Å². The normalized spacial score (nSPS) is 10.0. The maximum Gasteiger partial charge on any atom is 0.0998 e. The van der Waals surface area contributed by atoms with Crippen molar-refractivity contribution in [1.82, 2.24) is 0 Å². The predicted octanol–water partition coefficient (Wildman–Crippen LogP) is 4.84. The molecule has 0 saturated heterocycles. The second-order valence-electron chi connectivity index (χ2n) is 3.79. The molecule has 2 rings (SSSR count). The zero-order chi connectivity index (χ0) is 12.4. The third-order valence-electron chi connectivity index (χ3n) is 2.54. The van der Waals surface area contributed by atoms with Crippen LogP contribution in [0.1, 0.15) is 11.1 Å². The molecule has 2 aromatic carbocycles. The van der Waals surface area contributed by atoms with Gasteiger partial charge in [0.2, 0.25) is 0 Å². The van der Waals surface area contributed by atoms with Gasteiger partial charge in [0, 0.05) is 5.56 Å². The molecule has 0 atom stereocenters. The maximum atomic E-state index is 9.10. The Kier molecular flexibility index (Phi) is 3.38. The number of benzene rings is 2. The fourth-order valence-corrected chi connectivity index (χ4v) is 1.94. The topological polar surface area (TPSA) is 23.8 Å². The highest BCUT2D eigenvalue weighted by atomic mass is 35.5. The lowest BCUT2D eigenvalue weighted by molar-refractivity contribution is 1.45. The first kappa shape index (κ1) is 12.0. The third kappa shape index (κ3) is 2.44. The summed E-state index contributed by atoms with van der Waals surface area (Å²) >= 11 is 11.9. The fourth-order valence-electron chi connectivity index (χ4n) is 1.61. The molecule has 0 unspecified atom stereocenters. The van der Waals surface area contributed by atoms with E-state index in [-0.39, 0.29) is 0 Å². The Hall–Kier alpha value is -1.49. The Balaban J connectivity index is 2.63. The van der Waals surface area contributed by atoms with Gasteiger partial charge in [-0.05, 0) is 24.6 Å². The van der Waals surface area contributed by atoms with Crippen molar-refractivity contribution in [2.45, 2.75) is 6.92 Å². The van der Waals surface area contributed by atoms with Crippen molar-refractivity contribution >= 4 is 23.2 Å². The molecule has 2 aromatic rings. The van der Waals surface area contributed by atoms with E-state index < -0.39 is 0 Å². The molecule has 0 amide bonds. The molecule has 0 spiro atoms. The molecule has 0 saturated carbocycles. The van der Waals surface area contributed by atoms with Gasteiger partial charge in [-0.1, -0.05) is 53.0 Å². The van der Waals surface area contributed by atoms with E-state index in [0.29, 0.717) is 15.6 Å². The van der Waals surface area contributed by atoms with Crippen LogP contribution in [0.15, 0.2) is 36.4 Å². The van der Waals surface area contributed by atoms with E-state index in [9.17, 15) is 0 Å². The first-order valence-electron chi connectivity index (χ1n) is 5.08. The first-order chi connectivity index (χ1) is 8.11. The van der Waals surface area contributed by atoms with Crippen molar-refractivity contribution in [3.63, 3.8) is 0 Å². The van der Waals surface area contributed by atoms with Crippen LogP contribution in [0.25, 0.3) is 11.1 Å². The molecule has 1 nitrogen and oxygen atoms in total. The Labute approximate surface area is 110 Å². The molecule has 0 bridgehead atoms. The Bertz CT molecular complexity index is 595. The largest absolute Gasteiger partial charge is 0.192 e. The summed E-state index contributed by atoms with van der Waals surface area (Å²) in [6.07, 6.45) is 0. The molecule has 84 valence electrons. The second-order valence-corrected chi connectivity index (χ2v) is 4.60. The fraction of sp³-hybridized carbons (Fsp3) is 0.0714. The molecule has 17 heavy (non-hydrogen) atoms. The minimum Gasteiger partial charge on any atom is -0.192 e. The molecule has 0 aromatic heterocycles. The Morgan fingerprint density at radius 3 is 2.18 bits per heavy atom. The van der Waals surface area contributed by atoms with Gasteiger partial charge in [0.1, 0.15) is 0 Å². The zero-order valence-corrected chi connectivity index (χ0v) is 10.7. The van der Waals surface area contributed by atoms with Crippen LogP contribution in [0.4, 0.5) is 0 Å². The van der Waals surface area contributed by atoms with E-state index >= 15 is 0 Å². The second kappa shape index (κ2) is 4.79. The van der Waals surface area contributed by atoms with Crippen molar-refractivity contribution < 1.29 is 0 Å². The van der Waals surface area contributed by atoms with Gasteiger partial charge in [0.05, 0.1) is 21.7 Å². The van der Waals surface area contributed by atoms with Gasteiger partial charge >= 0.3 is 0 Å². The number of aryl methyl sites for hydroxylation is 1. The number of nitriles is 1. The molecular weight excluding hydrogens is 253 g/mol. The maximum absolute atomic E-state index is 9.10. The van der Waals surface area contributed by atoms with E-state index in [4.69, 9.17) is 28.5 Å². The molecule has 0 heterocycles. The van der Waals surface area contributed by atoms with E-state index in [1.54, 1.807) is 12.1 Å². The summed E-state index contributed by atoms with van der Waals surface area (Å²) in [6.45, 7) is 2.02. The minimum atomic E-state index is 0.402. The minimum absolute atomic E-state index is 0.402. The SMILES string of the molecule is Cc1ccc(-c2cc(Cl)c(Cl)cc2C#N)cc1. The zero-order valence-electron chi connectivity index (χ0n) is 9.17. The lowest BCUT2D eigenvalue weighted by Gasteiger charge is -2.06. The average molecular weight is 262 g/mol. The van der Waals surface area contributed by atoms with Gasteiger partial charge in [-0.15, -0.1) is 0 Å². The highest BCUT2D eigenvalue weighted by molar-refractivity contribution is 6.42. The summed E-state index contributed by atoms with van der Waals surface area (Å²) in [7, 11) is 0. The molecule has 0 aliphatic heterocycles. The van der Waals surface area contributed by atoms with Crippen molar-refractivity contribution in [2.75, 3.05) is 0 Å². The van der Waals surface area contributed by atoms with Crippen LogP contribution in [0, 0.1) is 18.3 Å². The summed E-state index contributed by atoms with van der Waals surface area (Å²) in [5.41, 5.74) is 3.48. The van der Waals surface area contributed by atoms with Crippen LogP contribution in [0.2, 0.25) is 10.0 Å². The van der Waals surface area contributed by atoms with E-state index in [2.05, 4.69) is 6.07 Å². The van der Waals surface area contributed by atoms with E-state index in [1.807, 2.05) is 31.2 Å². The number of hydrogen-bond donors (Lipinski definition) is 0. The molecule has 0 N–H and O–H groups in total. The smallest absolute Gasteiger partial charge is 0.0998 e. The first-order valence-corrected chi connectivity index (χ1v) is 5.83. The van der Waals surface area contributed by atoms with Crippen LogP contribution in [0.3, 0.4) is 0 Å². The monoisotopic (exact) mass is 261 g/mol. The van der Waals surface area contributed by atoms with Gasteiger partial charge in [-0.2, -0.15) is 5.26 Å². The van der Waals surface area contributed by atoms with Crippen molar-refractivity contribution in [3.05, 3.63) is 57.6 Å². The predicted molar refractivity (Wildman–Crippen MR) is 71.4 cm³/mol. The Morgan fingerprint density at radius 2 is 1.59 bits per heavy atom. The van der Waals surface area contributed by atoms with Crippen LogP contribution in [-0.4, -0.2) is 0 Å². The standard InChI is InChI=1S/C14H9Cl2N/c1-9-2-4-10(5-3-9)12-7-14(16)13(15)6-11(12)8-17/h2-7H,1H3. The van der Waals surface area contributed by atoms with Crippen LogP contribution < -0.4 is 0 Å². The highest BCUT2D eigenvalue weighted by Gasteiger charge is 2.09. The van der Waals surface area contributed by atoms with Crippen molar-refractivity contribution in [2.24, 2.45) is 0 Å². The van der Waals surface area contributed by atoms with Gasteiger partial charge in [-0.25, -0.2) is 0 Å². The lowest BCUT2D eigenvalue weighted by atomic mass is 9.99. The van der Waals surface area contributed by atoms with Gasteiger partial charge in [-0.3, -0.25) is 0 Å². The summed E-state index contributed by atoms with van der Waals surface area (Å²) in [5, 5.41) is 9.96. The summed E-state index contributed by atoms with van der Waals surface area (Å²) in [5.74, 6) is 0. The van der Waals surface area contributed by atoms with Gasteiger partial charge < -0.3 is 0 Å². The van der Waals surface area contributed by atoms with E-state index in [0.717, 1.165) is 11.1 Å². The van der Waals surface area contributed by atoms with Gasteiger partial charge in [0.25, 0.3) is 0 Å². The molecule has 0 aliphatic rings. The average Bonchev–Trinajstić information content (AvgIpc) is 2.33. The van der Waals surface area contributed by atoms with Crippen LogP contribution >= 0.6 is 23.2 Å². The molecule has 0 fully saturated rings. The molecular formula is C14H9Cl2N. The van der Waals surface area contributed by atoms with Crippen molar-refractivity contribution in [3.8, 4) is 17.2 Å². The quantitative estimate of drug-likeness (QED) is 0.721. The number of nitrogens with zero attached hydrogens (tertiary/aromatic N) is 1. The number of hydrogen-bond acceptors (Lipinski definition) is 1. The summed E-state index contributed by atoms with van der Waals surface area (Å²) in [4.78, 5) is 0. The number of halogens is 2. The highest BCUT2D eigenvalue weighted by Crippen LogP contribution is 2.32. The third-order valence-corrected chi connectivity index (χ3v) is 3.27. The van der Waals surface area contributed by atoms with Gasteiger partial charge in [0.15, 0.2) is 0 Å². The Morgan fingerprint density at radius 1 is 1.00 bits per heavy atom. The lowest BCUT2D eigenvalue weighted by Crippen LogP contribution is -1.86. The molecule has 3 heteroatoms. The van der Waals surface area contributed by atoms with Crippen molar-refractivity contribution in [1.29, 1.82) is 5.26 Å². The number of rotatable bonds is 1. The summed E-state index contributed by atoms with van der Waals surface area (Å²) < 4.78 is 0. The van der Waals surface area contributed by atoms with E-state index in [1.165, 1.54) is 5.56 Å². The molecule has 0 aliphatic carbocycles. The van der Waals surface area contributed by atoms with Crippen LogP contribution in [-0.2, 0) is 0 Å². The molecule has 0 radical (unpaired) electrons. The summed E-state index contributed by atoms with van der Waals surface area (Å²) in [6, 6.07) is 13.4.